The molecule has 1 aliphatic rings. The number of nitrogens with zero attached hydrogens (tertiary/aromatic N) is 6. The number of halogens is 1. The normalized spacial score (nSPS) is 22.5. The van der Waals surface area contributed by atoms with Gasteiger partial charge in [0.2, 0.25) is 11.8 Å². The fraction of sp³-hybridized carbons (Fsp3) is 0.467. The van der Waals surface area contributed by atoms with Crippen molar-refractivity contribution < 1.29 is 38.9 Å². The summed E-state index contributed by atoms with van der Waals surface area (Å²) in [6.07, 6.45) is -3.79. The van der Waals surface area contributed by atoms with Gasteiger partial charge < -0.3 is 35.1 Å². The fourth-order valence-electron chi connectivity index (χ4n) is 5.02. The van der Waals surface area contributed by atoms with Crippen molar-refractivity contribution >= 4 is 70.2 Å². The number of fused-ring (bicyclic) bond motifs is 2. The molecule has 252 valence electrons. The van der Waals surface area contributed by atoms with Gasteiger partial charge in [0.1, 0.15) is 30.1 Å². The molecule has 2 aromatic heterocycles. The molecular weight excluding hydrogens is 744 g/mol. The number of imidazole rings is 1. The number of carbonyl (C=O) groups is 1. The first-order valence-corrected chi connectivity index (χ1v) is 16.9. The van der Waals surface area contributed by atoms with Crippen molar-refractivity contribution in [2.24, 2.45) is 10.2 Å². The molecule has 47 heavy (non-hydrogen) atoms. The standard InChI is InChI=1S/C30H37IN7O8P/c1-16(25(40)44-15-29(2,3)4)36-47(42)38(19-13-9-11-17-10-7-8-12-18(17)19)45-14-20-22(39)30(5,41)26(46-20)37-23-21(33-27(37)31)24(43-6)35-28(32)34-23/h7-13,16,20,22,26,39,41H,14-15H2,1-6H3,(H2,32,34,35)/t16-,20+,22+,26?,30+/m0/s1. The summed E-state index contributed by atoms with van der Waals surface area (Å²) >= 11 is 1.95. The molecule has 2 aromatic carbocycles. The molecule has 15 nitrogen and oxygen atoms in total. The maximum absolute atomic E-state index is 13.8. The third-order valence-electron chi connectivity index (χ3n) is 7.41. The number of ether oxygens (including phenoxy) is 3. The first kappa shape index (κ1) is 35.1. The van der Waals surface area contributed by atoms with E-state index < -0.39 is 44.1 Å². The average Bonchev–Trinajstić information content (AvgIpc) is 3.45. The number of hydrogen-bond acceptors (Lipinski definition) is 13. The van der Waals surface area contributed by atoms with E-state index in [1.807, 2.05) is 73.7 Å². The minimum Gasteiger partial charge on any atom is -0.588 e. The molecule has 0 radical (unpaired) electrons. The van der Waals surface area contributed by atoms with Crippen LogP contribution in [0.3, 0.4) is 0 Å². The Balaban J connectivity index is 1.45. The number of esters is 1. The van der Waals surface area contributed by atoms with Crippen LogP contribution in [0, 0.1) is 9.25 Å². The molecule has 6 atom stereocenters. The zero-order chi connectivity index (χ0) is 34.3. The molecule has 17 heteroatoms. The summed E-state index contributed by atoms with van der Waals surface area (Å²) in [6, 6.07) is 11.7. The Morgan fingerprint density at radius 2 is 1.96 bits per heavy atom. The van der Waals surface area contributed by atoms with Crippen molar-refractivity contribution in [3.8, 4) is 5.88 Å². The van der Waals surface area contributed by atoms with Gasteiger partial charge in [0, 0.05) is 28.0 Å². The quantitative estimate of drug-likeness (QED) is 0.0695. The summed E-state index contributed by atoms with van der Waals surface area (Å²) in [5.74, 6) is -0.574. The third-order valence-corrected chi connectivity index (χ3v) is 9.36. The average molecular weight is 782 g/mol. The largest absolute Gasteiger partial charge is 0.588 e. The Morgan fingerprint density at radius 3 is 2.66 bits per heavy atom. The van der Waals surface area contributed by atoms with Crippen LogP contribution in [0.15, 0.2) is 47.2 Å². The Bertz CT molecular complexity index is 1810. The van der Waals surface area contributed by atoms with E-state index in [1.54, 1.807) is 12.1 Å². The fourth-order valence-corrected chi connectivity index (χ4v) is 6.75. The van der Waals surface area contributed by atoms with Crippen LogP contribution in [0.1, 0.15) is 40.8 Å². The van der Waals surface area contributed by atoms with Crippen LogP contribution in [0.2, 0.25) is 0 Å². The van der Waals surface area contributed by atoms with Gasteiger partial charge in [-0.3, -0.25) is 4.57 Å². The van der Waals surface area contributed by atoms with Crippen LogP contribution in [0.25, 0.3) is 21.9 Å². The van der Waals surface area contributed by atoms with E-state index in [4.69, 9.17) is 24.8 Å². The van der Waals surface area contributed by atoms with Gasteiger partial charge in [0.25, 0.3) is 0 Å². The number of nitrogen functional groups attached to an aromatic ring is 1. The first-order chi connectivity index (χ1) is 22.1. The molecule has 3 heterocycles. The van der Waals surface area contributed by atoms with Crippen LogP contribution in [-0.4, -0.2) is 79.9 Å². The first-order valence-electron chi connectivity index (χ1n) is 14.7. The van der Waals surface area contributed by atoms with Crippen LogP contribution in [0.5, 0.6) is 5.88 Å². The van der Waals surface area contributed by atoms with Crippen LogP contribution >= 0.6 is 30.7 Å². The number of aliphatic hydroxyl groups excluding tert-OH is 1. The summed E-state index contributed by atoms with van der Waals surface area (Å²) in [5.41, 5.74) is 4.70. The smallest absolute Gasteiger partial charge is 0.334 e. The second kappa shape index (κ2) is 13.7. The predicted octanol–water partition coefficient (Wildman–Crippen LogP) is 3.46. The molecule has 0 bridgehead atoms. The molecular formula is C30H37IN7O8P. The van der Waals surface area contributed by atoms with Gasteiger partial charge >= 0.3 is 14.1 Å². The maximum atomic E-state index is 13.8. The highest BCUT2D eigenvalue weighted by Gasteiger charge is 2.54. The number of methoxy groups -OCH3 is 1. The SMILES string of the molecule is COc1nc(N)nc2c1nc(I)n2C1O[C@H](CON(c2cccc3ccccc23)[P+]([O-])=N[C@@H](C)C(=O)OCC(C)(C)C)[C@@H](O)[C@@]1(C)O. The zero-order valence-corrected chi connectivity index (χ0v) is 29.7. The molecule has 1 fully saturated rings. The molecule has 1 aliphatic heterocycles. The molecule has 1 saturated heterocycles. The number of nitrogens with two attached hydrogens (primary N) is 1. The van der Waals surface area contributed by atoms with E-state index >= 15 is 0 Å². The summed E-state index contributed by atoms with van der Waals surface area (Å²) < 4.78 is 22.9. The number of aliphatic hydroxyl groups is 2. The number of anilines is 2. The Hall–Kier alpha value is -3.25. The highest BCUT2D eigenvalue weighted by molar-refractivity contribution is 14.1. The van der Waals surface area contributed by atoms with E-state index in [9.17, 15) is 19.9 Å². The summed E-state index contributed by atoms with van der Waals surface area (Å²) in [7, 11) is -1.31. The highest BCUT2D eigenvalue weighted by atomic mass is 127. The lowest BCUT2D eigenvalue weighted by atomic mass is 9.96. The molecule has 0 saturated carbocycles. The molecule has 0 aliphatic carbocycles. The van der Waals surface area contributed by atoms with E-state index in [2.05, 4.69) is 19.7 Å². The van der Waals surface area contributed by atoms with Crippen molar-refractivity contribution in [1.29, 1.82) is 0 Å². The number of carbonyl (C=O) groups excluding carboxylic acids is 1. The van der Waals surface area contributed by atoms with E-state index in [1.165, 1.54) is 25.5 Å². The van der Waals surface area contributed by atoms with Gasteiger partial charge in [0.15, 0.2) is 27.3 Å². The molecule has 0 amide bonds. The Labute approximate surface area is 285 Å². The van der Waals surface area contributed by atoms with Crippen LogP contribution < -0.4 is 20.2 Å². The predicted molar refractivity (Wildman–Crippen MR) is 181 cm³/mol. The number of aromatic nitrogens is 4. The maximum Gasteiger partial charge on any atom is 0.334 e. The topological polar surface area (TPSA) is 203 Å². The lowest BCUT2D eigenvalue weighted by Gasteiger charge is -2.27. The molecule has 4 aromatic rings. The molecule has 4 N–H and O–H groups in total. The van der Waals surface area contributed by atoms with Crippen molar-refractivity contribution in [2.75, 3.05) is 30.9 Å². The summed E-state index contributed by atoms with van der Waals surface area (Å²) in [4.78, 5) is 46.5. The number of hydrogen-bond donors (Lipinski definition) is 3. The highest BCUT2D eigenvalue weighted by Crippen LogP contribution is 2.43. The van der Waals surface area contributed by atoms with Gasteiger partial charge in [-0.1, -0.05) is 66.7 Å². The van der Waals surface area contributed by atoms with Crippen LogP contribution in [0.4, 0.5) is 11.6 Å². The summed E-state index contributed by atoms with van der Waals surface area (Å²) in [5, 5.41) is 24.4. The number of rotatable bonds is 10. The van der Waals surface area contributed by atoms with Crippen molar-refractivity contribution in [2.45, 2.75) is 64.7 Å². The van der Waals surface area contributed by atoms with E-state index in [0.717, 1.165) is 10.2 Å². The van der Waals surface area contributed by atoms with Crippen molar-refractivity contribution in [3.05, 3.63) is 46.3 Å². The lowest BCUT2D eigenvalue weighted by Crippen LogP contribution is -2.45. The Morgan fingerprint density at radius 1 is 1.26 bits per heavy atom. The van der Waals surface area contributed by atoms with Gasteiger partial charge in [-0.05, 0) is 30.7 Å². The van der Waals surface area contributed by atoms with Crippen molar-refractivity contribution in [1.82, 2.24) is 19.5 Å². The van der Waals surface area contributed by atoms with E-state index in [-0.39, 0.29) is 41.6 Å². The number of benzene rings is 2. The minimum atomic E-state index is -2.72. The second-order valence-electron chi connectivity index (χ2n) is 12.5. The second-order valence-corrected chi connectivity index (χ2v) is 14.6. The summed E-state index contributed by atoms with van der Waals surface area (Å²) in [6.45, 7) is 8.49. The minimum absolute atomic E-state index is 0.0835. The van der Waals surface area contributed by atoms with Gasteiger partial charge in [-0.15, -0.1) is 0 Å². The molecule has 2 unspecified atom stereocenters. The van der Waals surface area contributed by atoms with Crippen LogP contribution in [-0.2, 0) is 19.1 Å². The lowest BCUT2D eigenvalue weighted by molar-refractivity contribution is -0.164. The van der Waals surface area contributed by atoms with E-state index in [0.29, 0.717) is 14.9 Å². The van der Waals surface area contributed by atoms with Gasteiger partial charge in [-0.2, -0.15) is 9.97 Å². The van der Waals surface area contributed by atoms with Gasteiger partial charge in [0.05, 0.1) is 13.7 Å². The molecule has 5 rings (SSSR count). The monoisotopic (exact) mass is 781 g/mol. The van der Waals surface area contributed by atoms with Crippen molar-refractivity contribution in [3.63, 3.8) is 0 Å². The third kappa shape index (κ3) is 7.28. The van der Waals surface area contributed by atoms with Gasteiger partial charge in [-0.25, -0.2) is 14.6 Å². The Kier molecular flexibility index (Phi) is 10.2. The zero-order valence-electron chi connectivity index (χ0n) is 26.7. The molecule has 0 spiro atoms.